The summed E-state index contributed by atoms with van der Waals surface area (Å²) in [4.78, 5) is 63.4. The minimum Gasteiger partial charge on any atom is -0.427 e. The fourth-order valence-corrected chi connectivity index (χ4v) is 6.47. The van der Waals surface area contributed by atoms with E-state index in [1.807, 2.05) is 0 Å². The van der Waals surface area contributed by atoms with Crippen LogP contribution in [-0.4, -0.2) is 74.6 Å². The average molecular weight is 645 g/mol. The summed E-state index contributed by atoms with van der Waals surface area (Å²) in [6, 6.07) is 0.660. The Hall–Kier alpha value is -4.18. The summed E-state index contributed by atoms with van der Waals surface area (Å²) in [5, 5.41) is 11.7. The molecule has 2 atom stereocenters. The molecule has 0 unspecified atom stereocenters. The highest BCUT2D eigenvalue weighted by Crippen LogP contribution is 2.41. The van der Waals surface area contributed by atoms with Gasteiger partial charge in [-0.05, 0) is 58.1 Å². The summed E-state index contributed by atoms with van der Waals surface area (Å²) in [6.45, 7) is 4.38. The van der Waals surface area contributed by atoms with Gasteiger partial charge in [0.25, 0.3) is 11.8 Å². The fraction of sp³-hybridized carbons (Fsp3) is 0.464. The number of hydrogen-bond donors (Lipinski definition) is 2. The Labute approximate surface area is 261 Å². The van der Waals surface area contributed by atoms with E-state index in [0.29, 0.717) is 17.1 Å². The van der Waals surface area contributed by atoms with Crippen LogP contribution in [0.5, 0.6) is 0 Å². The quantitative estimate of drug-likeness (QED) is 0.127. The lowest BCUT2D eigenvalue weighted by molar-refractivity contribution is -0.173. The third-order valence-corrected chi connectivity index (χ3v) is 8.93. The van der Waals surface area contributed by atoms with Crippen molar-refractivity contribution in [1.29, 1.82) is 0 Å². The Morgan fingerprint density at radius 3 is 2.66 bits per heavy atom. The molecule has 234 valence electrons. The molecule has 14 nitrogen and oxygen atoms in total. The first-order valence-corrected chi connectivity index (χ1v) is 15.8. The highest BCUT2D eigenvalue weighted by atomic mass is 32.2. The number of nitrogens with one attached hydrogen (secondary N) is 1. The largest absolute Gasteiger partial charge is 0.427 e. The number of nitrogen functional groups attached to an aromatic ring is 1. The summed E-state index contributed by atoms with van der Waals surface area (Å²) in [5.74, 6) is -1.88. The molecule has 0 radical (unpaired) electrons. The molecule has 44 heavy (non-hydrogen) atoms. The van der Waals surface area contributed by atoms with E-state index in [4.69, 9.17) is 24.6 Å². The molecular weight excluding hydrogens is 612 g/mol. The minimum atomic E-state index is -0.971. The van der Waals surface area contributed by atoms with Crippen LogP contribution < -0.4 is 11.1 Å². The van der Waals surface area contributed by atoms with Gasteiger partial charge in [0.05, 0.1) is 11.6 Å². The number of esters is 2. The topological polar surface area (TPSA) is 189 Å². The number of carbonyl (C=O) groups is 4. The lowest BCUT2D eigenvalue weighted by Gasteiger charge is -2.49. The van der Waals surface area contributed by atoms with Crippen LogP contribution in [-0.2, 0) is 33.5 Å². The summed E-state index contributed by atoms with van der Waals surface area (Å²) in [6.07, 6.45) is 8.30. The van der Waals surface area contributed by atoms with E-state index < -0.39 is 47.4 Å². The second-order valence-corrected chi connectivity index (χ2v) is 13.2. The highest BCUT2D eigenvalue weighted by Gasteiger charge is 2.54. The van der Waals surface area contributed by atoms with Crippen LogP contribution in [0.2, 0.25) is 0 Å². The van der Waals surface area contributed by atoms with Gasteiger partial charge in [-0.25, -0.2) is 9.78 Å². The molecule has 0 spiro atoms. The van der Waals surface area contributed by atoms with Crippen molar-refractivity contribution in [2.45, 2.75) is 64.0 Å². The second kappa shape index (κ2) is 13.2. The monoisotopic (exact) mass is 644 g/mol. The van der Waals surface area contributed by atoms with Gasteiger partial charge in [0.15, 0.2) is 16.6 Å². The number of nitrogens with two attached hydrogens (primary N) is 1. The van der Waals surface area contributed by atoms with Crippen molar-refractivity contribution in [3.8, 4) is 0 Å². The average Bonchev–Trinajstić information content (AvgIpc) is 3.78. The zero-order chi connectivity index (χ0) is 31.4. The number of β-lactam (4-membered cyclic amide) rings is 1. The van der Waals surface area contributed by atoms with Gasteiger partial charge in [-0.2, -0.15) is 0 Å². The van der Waals surface area contributed by atoms with E-state index >= 15 is 0 Å². The summed E-state index contributed by atoms with van der Waals surface area (Å²) in [5.41, 5.74) is 5.58. The Kier molecular flexibility index (Phi) is 9.39. The zero-order valence-electron chi connectivity index (χ0n) is 24.3. The number of hydrogen-bond acceptors (Lipinski definition) is 14. The van der Waals surface area contributed by atoms with Gasteiger partial charge in [-0.3, -0.25) is 19.3 Å². The molecule has 16 heteroatoms. The number of amides is 2. The van der Waals surface area contributed by atoms with E-state index in [9.17, 15) is 19.2 Å². The van der Waals surface area contributed by atoms with Gasteiger partial charge in [-0.15, -0.1) is 23.1 Å². The van der Waals surface area contributed by atoms with Gasteiger partial charge in [0, 0.05) is 17.2 Å². The Balaban J connectivity index is 1.33. The van der Waals surface area contributed by atoms with Gasteiger partial charge in [0.1, 0.15) is 28.9 Å². The van der Waals surface area contributed by atoms with Crippen LogP contribution in [0.1, 0.15) is 57.9 Å². The van der Waals surface area contributed by atoms with Gasteiger partial charge in [0.2, 0.25) is 6.79 Å². The predicted octanol–water partition coefficient (Wildman–Crippen LogP) is 2.83. The Morgan fingerprint density at radius 1 is 1.23 bits per heavy atom. The second-order valence-electron chi connectivity index (χ2n) is 11.2. The smallest absolute Gasteiger partial charge is 0.358 e. The van der Waals surface area contributed by atoms with Crippen molar-refractivity contribution in [3.63, 3.8) is 0 Å². The first-order chi connectivity index (χ1) is 21.0. The maximum atomic E-state index is 13.5. The van der Waals surface area contributed by atoms with Crippen molar-refractivity contribution < 1.29 is 38.0 Å². The van der Waals surface area contributed by atoms with Crippen LogP contribution in [0.3, 0.4) is 0 Å². The number of nitrogens with zero attached hydrogens (tertiary/aromatic N) is 4. The summed E-state index contributed by atoms with van der Waals surface area (Å²) >= 11 is 2.50. The third kappa shape index (κ3) is 6.96. The molecule has 2 amide bonds. The number of carbonyl (C=O) groups excluding carboxylic acids is 4. The lowest BCUT2D eigenvalue weighted by Crippen LogP contribution is -2.71. The first kappa shape index (κ1) is 31.3. The van der Waals surface area contributed by atoms with E-state index in [-0.39, 0.29) is 28.3 Å². The van der Waals surface area contributed by atoms with Crippen molar-refractivity contribution in [3.05, 3.63) is 46.4 Å². The molecule has 0 aromatic carbocycles. The number of allylic oxidation sites excluding steroid dienone is 1. The summed E-state index contributed by atoms with van der Waals surface area (Å²) in [7, 11) is 0. The number of thiazole rings is 1. The standard InChI is InChI=1S/C28H32N6O8S2/c1-28(2,3)26(38)40-14-39-25(37)21-15(8-9-17-10-11-30-41-17)12-43-24-20(23(36)34(21)24)32-22(35)19(18-13-44-27(29)31-18)33-42-16-6-4-5-7-16/h8-11,13,16,20,24H,4-7,12,14H2,1-3H3,(H2,29,31)(H,32,35)/b9-8-,33-19-/t20-,24-/m1/s1. The molecule has 1 saturated carbocycles. The predicted molar refractivity (Wildman–Crippen MR) is 160 cm³/mol. The number of anilines is 1. The van der Waals surface area contributed by atoms with E-state index in [1.165, 1.54) is 22.9 Å². The molecule has 0 bridgehead atoms. The minimum absolute atomic E-state index is 0.0300. The number of rotatable bonds is 10. The van der Waals surface area contributed by atoms with Crippen LogP contribution in [0, 0.1) is 5.41 Å². The Morgan fingerprint density at radius 2 is 2.00 bits per heavy atom. The highest BCUT2D eigenvalue weighted by molar-refractivity contribution is 8.00. The number of thioether (sulfide) groups is 1. The van der Waals surface area contributed by atoms with Crippen LogP contribution in [0.25, 0.3) is 6.08 Å². The molecule has 2 fully saturated rings. The molecule has 2 aromatic heterocycles. The van der Waals surface area contributed by atoms with Crippen molar-refractivity contribution in [1.82, 2.24) is 20.4 Å². The Bertz CT molecular complexity index is 1500. The maximum absolute atomic E-state index is 13.5. The molecule has 1 saturated heterocycles. The van der Waals surface area contributed by atoms with E-state index in [1.54, 1.807) is 44.4 Å². The molecule has 1 aliphatic carbocycles. The molecule has 5 rings (SSSR count). The lowest BCUT2D eigenvalue weighted by atomic mass is 9.98. The molecule has 3 aliphatic rings. The molecule has 2 aliphatic heterocycles. The molecular formula is C28H32N6O8S2. The summed E-state index contributed by atoms with van der Waals surface area (Å²) < 4.78 is 15.4. The number of oxime groups is 1. The zero-order valence-corrected chi connectivity index (χ0v) is 25.9. The van der Waals surface area contributed by atoms with Gasteiger partial charge >= 0.3 is 11.9 Å². The van der Waals surface area contributed by atoms with Crippen molar-refractivity contribution in [2.75, 3.05) is 18.3 Å². The van der Waals surface area contributed by atoms with Crippen LogP contribution in [0.15, 0.2) is 44.7 Å². The number of fused-ring (bicyclic) bond motifs is 1. The van der Waals surface area contributed by atoms with Crippen LogP contribution >= 0.6 is 23.1 Å². The number of aromatic nitrogens is 2. The first-order valence-electron chi connectivity index (χ1n) is 13.9. The van der Waals surface area contributed by atoms with Gasteiger partial charge < -0.3 is 29.9 Å². The normalized spacial score (nSPS) is 20.8. The van der Waals surface area contributed by atoms with Crippen molar-refractivity contribution in [2.24, 2.45) is 10.6 Å². The third-order valence-electron chi connectivity index (χ3n) is 6.95. The fourth-order valence-electron chi connectivity index (χ4n) is 4.61. The SMILES string of the molecule is CC(C)(C)C(=O)OCOC(=O)C1=C(/C=C\c2ccno2)CS[C@@H]2[C@H](NC(=O)/C(=N\OC3CCCC3)c3csc(N)n3)C(=O)N12. The van der Waals surface area contributed by atoms with E-state index in [2.05, 4.69) is 20.6 Å². The molecule has 2 aromatic rings. The van der Waals surface area contributed by atoms with E-state index in [0.717, 1.165) is 37.0 Å². The van der Waals surface area contributed by atoms with Gasteiger partial charge in [-0.1, -0.05) is 16.4 Å². The molecule has 4 heterocycles. The maximum Gasteiger partial charge on any atom is 0.358 e. The molecule has 3 N–H and O–H groups in total. The number of ether oxygens (including phenoxy) is 2. The van der Waals surface area contributed by atoms with Crippen LogP contribution in [0.4, 0.5) is 5.13 Å². The van der Waals surface area contributed by atoms with Crippen molar-refractivity contribution >= 4 is 63.8 Å².